The molecule has 1 aliphatic heterocycles. The van der Waals surface area contributed by atoms with Crippen LogP contribution >= 0.6 is 22.1 Å². The molecule has 2 aromatic heterocycles. The van der Waals surface area contributed by atoms with E-state index in [1.165, 1.54) is 0 Å². The van der Waals surface area contributed by atoms with Crippen LogP contribution in [0.2, 0.25) is 0 Å². The molecular weight excluding hydrogens is 1010 g/mol. The van der Waals surface area contributed by atoms with Gasteiger partial charge in [-0.25, -0.2) is 9.97 Å². The second-order valence-corrected chi connectivity index (χ2v) is 25.2. The number of nitrogens with zero attached hydrogens (tertiary/aromatic N) is 3. The van der Waals surface area contributed by atoms with E-state index in [9.17, 15) is 13.7 Å². The van der Waals surface area contributed by atoms with Crippen LogP contribution in [-0.2, 0) is 40.4 Å². The molecule has 0 saturated carbocycles. The van der Waals surface area contributed by atoms with E-state index in [1.807, 2.05) is 105 Å². The maximum Gasteiger partial charge on any atom is 0.247 e. The molecule has 0 radical (unpaired) electrons. The van der Waals surface area contributed by atoms with Gasteiger partial charge in [0.1, 0.15) is 28.1 Å². The predicted octanol–water partition coefficient (Wildman–Crippen LogP) is 8.40. The number of ether oxygens (including phenoxy) is 3. The third-order valence-electron chi connectivity index (χ3n) is 12.0. The van der Waals surface area contributed by atoms with Gasteiger partial charge in [0.2, 0.25) is 22.1 Å². The van der Waals surface area contributed by atoms with Gasteiger partial charge in [0.05, 0.1) is 69.6 Å². The number of aromatic nitrogens is 2. The number of pyridine rings is 2. The van der Waals surface area contributed by atoms with Crippen LogP contribution in [-0.4, -0.2) is 108 Å². The molecule has 18 heteroatoms. The molecule has 75 heavy (non-hydrogen) atoms. The molecule has 0 saturated heterocycles. The quantitative estimate of drug-likeness (QED) is 0.0323. The first-order valence-electron chi connectivity index (χ1n) is 24.8. The average molecular weight is 1080 g/mol. The van der Waals surface area contributed by atoms with E-state index in [1.54, 1.807) is 67.3 Å². The first-order valence-corrected chi connectivity index (χ1v) is 31.0. The molecule has 5 atom stereocenters. The number of nitrogens with one attached hydrogen (secondary N) is 3. The van der Waals surface area contributed by atoms with Crippen molar-refractivity contribution in [1.82, 2.24) is 30.8 Å². The molecule has 5 aromatic rings. The van der Waals surface area contributed by atoms with Crippen LogP contribution in [0.5, 0.6) is 17.2 Å². The van der Waals surface area contributed by atoms with Crippen molar-refractivity contribution in [2.75, 3.05) is 87.3 Å². The summed E-state index contributed by atoms with van der Waals surface area (Å²) in [6, 6.07) is 29.7. The fraction of sp³-hybridized carbons (Fsp3) is 0.368. The van der Waals surface area contributed by atoms with Gasteiger partial charge >= 0.3 is 0 Å². The van der Waals surface area contributed by atoms with Crippen LogP contribution in [0.25, 0.3) is 0 Å². The zero-order chi connectivity index (χ0) is 54.1. The molecule has 0 bridgehead atoms. The zero-order valence-electron chi connectivity index (χ0n) is 44.6. The summed E-state index contributed by atoms with van der Waals surface area (Å²) < 4.78 is 74.8. The highest BCUT2D eigenvalue weighted by molar-refractivity contribution is 7.66. The summed E-state index contributed by atoms with van der Waals surface area (Å²) >= 11 is 0. The SMILES string of the molecule is CCOP(C)(=O)C1=C[C@](C)(C#Cc2ccc(OC)cc2)C(NCCN(CCNCc2cc(C#Cc3ccc(OC)cc3)cc(P(C)(=O)OCC)n2)Cc2cc(C#Cc3ccc(OC)cc3)cc(P(C)(=O)OCC)n2)N1. The molecule has 1 aliphatic rings. The summed E-state index contributed by atoms with van der Waals surface area (Å²) in [7, 11) is -4.92. The van der Waals surface area contributed by atoms with Crippen molar-refractivity contribution in [2.24, 2.45) is 5.41 Å². The van der Waals surface area contributed by atoms with Crippen LogP contribution in [0.1, 0.15) is 66.9 Å². The Morgan fingerprint density at radius 1 is 0.587 bits per heavy atom. The van der Waals surface area contributed by atoms with Gasteiger partial charge < -0.3 is 38.4 Å². The molecule has 15 nitrogen and oxygen atoms in total. The second-order valence-electron chi connectivity index (χ2n) is 17.9. The second kappa shape index (κ2) is 27.2. The Hall–Kier alpha value is -5.97. The molecule has 0 amide bonds. The third kappa shape index (κ3) is 17.0. The molecule has 0 aliphatic carbocycles. The summed E-state index contributed by atoms with van der Waals surface area (Å²) in [6.07, 6.45) is 1.48. The number of methoxy groups -OCH3 is 3. The van der Waals surface area contributed by atoms with E-state index in [0.717, 1.165) is 33.9 Å². The van der Waals surface area contributed by atoms with E-state index in [2.05, 4.69) is 56.4 Å². The number of rotatable bonds is 23. The maximum atomic E-state index is 14.0. The Morgan fingerprint density at radius 3 is 1.49 bits per heavy atom. The van der Waals surface area contributed by atoms with Gasteiger partial charge in [-0.2, -0.15) is 0 Å². The van der Waals surface area contributed by atoms with Crippen molar-refractivity contribution < 1.29 is 41.5 Å². The zero-order valence-corrected chi connectivity index (χ0v) is 47.3. The van der Waals surface area contributed by atoms with Crippen LogP contribution in [0, 0.1) is 40.9 Å². The molecular formula is C57H69N6O9P3. The van der Waals surface area contributed by atoms with Crippen molar-refractivity contribution in [3.05, 3.63) is 148 Å². The van der Waals surface area contributed by atoms with Crippen molar-refractivity contribution in [3.8, 4) is 52.8 Å². The molecule has 3 heterocycles. The van der Waals surface area contributed by atoms with Gasteiger partial charge in [-0.1, -0.05) is 35.5 Å². The Bertz CT molecular complexity index is 3120. The molecule has 0 fully saturated rings. The van der Waals surface area contributed by atoms with Crippen molar-refractivity contribution in [3.63, 3.8) is 0 Å². The normalized spacial score (nSPS) is 17.3. The lowest BCUT2D eigenvalue weighted by Gasteiger charge is -2.29. The van der Waals surface area contributed by atoms with Crippen LogP contribution in [0.15, 0.2) is 109 Å². The van der Waals surface area contributed by atoms with Gasteiger partial charge in [0, 0.05) is 87.1 Å². The molecule has 3 N–H and O–H groups in total. The highest BCUT2D eigenvalue weighted by atomic mass is 31.2. The van der Waals surface area contributed by atoms with Gasteiger partial charge in [-0.15, -0.1) is 0 Å². The van der Waals surface area contributed by atoms with Gasteiger partial charge in [0.25, 0.3) is 0 Å². The van der Waals surface area contributed by atoms with Crippen molar-refractivity contribution in [2.45, 2.75) is 47.0 Å². The summed E-state index contributed by atoms with van der Waals surface area (Å²) in [4.78, 5) is 12.0. The highest BCUT2D eigenvalue weighted by Gasteiger charge is 2.41. The molecule has 6 rings (SSSR count). The van der Waals surface area contributed by atoms with E-state index < -0.39 is 33.7 Å². The monoisotopic (exact) mass is 1070 g/mol. The molecule has 0 spiro atoms. The predicted molar refractivity (Wildman–Crippen MR) is 299 cm³/mol. The minimum Gasteiger partial charge on any atom is -0.497 e. The summed E-state index contributed by atoms with van der Waals surface area (Å²) in [5.41, 5.74) is 5.37. The minimum absolute atomic E-state index is 0.249. The lowest BCUT2D eigenvalue weighted by atomic mass is 9.89. The maximum absolute atomic E-state index is 14.0. The first-order chi connectivity index (χ1) is 35.9. The lowest BCUT2D eigenvalue weighted by Crippen LogP contribution is -2.50. The molecule has 396 valence electrons. The van der Waals surface area contributed by atoms with Crippen LogP contribution < -0.4 is 41.0 Å². The summed E-state index contributed by atoms with van der Waals surface area (Å²) in [6.45, 7) is 15.7. The molecule has 4 unspecified atom stereocenters. The van der Waals surface area contributed by atoms with Gasteiger partial charge in [0.15, 0.2) is 0 Å². The smallest absolute Gasteiger partial charge is 0.247 e. The van der Waals surface area contributed by atoms with Crippen molar-refractivity contribution >= 4 is 33.0 Å². The van der Waals surface area contributed by atoms with E-state index in [0.29, 0.717) is 78.1 Å². The lowest BCUT2D eigenvalue weighted by molar-refractivity contribution is 0.246. The first kappa shape index (κ1) is 58.3. The summed E-state index contributed by atoms with van der Waals surface area (Å²) in [5, 5.41) is 10.7. The number of benzene rings is 3. The third-order valence-corrected chi connectivity index (χ3v) is 17.5. The Balaban J connectivity index is 1.29. The van der Waals surface area contributed by atoms with E-state index >= 15 is 0 Å². The Morgan fingerprint density at radius 2 is 1.01 bits per heavy atom. The van der Waals surface area contributed by atoms with Crippen LogP contribution in [0.3, 0.4) is 0 Å². The number of hydrogen-bond donors (Lipinski definition) is 3. The Labute approximate surface area is 443 Å². The van der Waals surface area contributed by atoms with Gasteiger partial charge in [-0.3, -0.25) is 23.9 Å². The largest absolute Gasteiger partial charge is 0.497 e. The van der Waals surface area contributed by atoms with Gasteiger partial charge in [-0.05, 0) is 131 Å². The topological polar surface area (TPSA) is 172 Å². The molecule has 3 aromatic carbocycles. The fourth-order valence-electron chi connectivity index (χ4n) is 7.97. The van der Waals surface area contributed by atoms with Crippen molar-refractivity contribution in [1.29, 1.82) is 0 Å². The standard InChI is InChI=1S/C57H69N6O9P3/c1-11-70-73(8,64)53-38-46(16-14-43-18-24-50(67-5)25-19-43)36-48(60-53)41-58-32-34-63(42-49-37-47(39-54(61-49)74(9,65)71-12-2)17-15-44-20-26-51(68-6)27-21-44)35-33-59-56-57(4,40-55(62-56)75(10,66)72-13-3)31-30-45-22-28-52(69-7)29-23-45/h18-29,36-40,56,58-59,62H,11-13,32-35,41-42H2,1-10H3/t56?,57-,73?,74?,75?/m0/s1. The number of hydrogen-bond acceptors (Lipinski definition) is 15. The minimum atomic E-state index is -3.32. The van der Waals surface area contributed by atoms with E-state index in [4.69, 9.17) is 37.7 Å². The fourth-order valence-corrected chi connectivity index (χ4v) is 12.1. The Kier molecular flexibility index (Phi) is 21.1. The highest BCUT2D eigenvalue weighted by Crippen LogP contribution is 2.54. The average Bonchev–Trinajstić information content (AvgIpc) is 3.74. The van der Waals surface area contributed by atoms with E-state index in [-0.39, 0.29) is 19.8 Å². The summed E-state index contributed by atoms with van der Waals surface area (Å²) in [5.74, 6) is 21.9. The van der Waals surface area contributed by atoms with Crippen LogP contribution in [0.4, 0.5) is 0 Å².